The number of carboxylic acid groups (broad SMARTS) is 1. The minimum atomic E-state index is -0.960. The van der Waals surface area contributed by atoms with Crippen LogP contribution < -0.4 is 10.6 Å². The summed E-state index contributed by atoms with van der Waals surface area (Å²) in [4.78, 5) is 22.3. The molecular formula is C14H19FN2O3. The molecule has 0 bridgehead atoms. The van der Waals surface area contributed by atoms with E-state index < -0.39 is 18.0 Å². The molecule has 0 aliphatic rings. The molecule has 2 amide bonds. The fourth-order valence-electron chi connectivity index (χ4n) is 1.84. The van der Waals surface area contributed by atoms with Gasteiger partial charge in [-0.2, -0.15) is 0 Å². The molecular weight excluding hydrogens is 263 g/mol. The van der Waals surface area contributed by atoms with Crippen molar-refractivity contribution >= 4 is 12.0 Å². The van der Waals surface area contributed by atoms with E-state index in [4.69, 9.17) is 5.11 Å². The Morgan fingerprint density at radius 1 is 1.35 bits per heavy atom. The Kier molecular flexibility index (Phi) is 6.49. The van der Waals surface area contributed by atoms with Crippen molar-refractivity contribution in [1.29, 1.82) is 0 Å². The molecule has 5 nitrogen and oxygen atoms in total. The van der Waals surface area contributed by atoms with Crippen molar-refractivity contribution in [2.45, 2.75) is 38.8 Å². The van der Waals surface area contributed by atoms with Gasteiger partial charge in [0.05, 0.1) is 6.42 Å². The second-order valence-electron chi connectivity index (χ2n) is 4.50. The number of carbonyl (C=O) groups is 2. The van der Waals surface area contributed by atoms with Gasteiger partial charge >= 0.3 is 12.0 Å². The molecule has 0 aliphatic carbocycles. The van der Waals surface area contributed by atoms with E-state index in [-0.39, 0.29) is 18.8 Å². The highest BCUT2D eigenvalue weighted by Crippen LogP contribution is 2.06. The summed E-state index contributed by atoms with van der Waals surface area (Å²) in [5, 5.41) is 13.9. The normalized spacial score (nSPS) is 11.7. The van der Waals surface area contributed by atoms with Gasteiger partial charge in [-0.15, -0.1) is 0 Å². The molecule has 1 rings (SSSR count). The number of rotatable bonds is 7. The Labute approximate surface area is 117 Å². The first-order valence-corrected chi connectivity index (χ1v) is 6.52. The summed E-state index contributed by atoms with van der Waals surface area (Å²) in [7, 11) is 0. The second kappa shape index (κ2) is 8.14. The lowest BCUT2D eigenvalue weighted by Gasteiger charge is -2.16. The molecule has 0 saturated heterocycles. The highest BCUT2D eigenvalue weighted by molar-refractivity contribution is 5.75. The molecule has 1 atom stereocenters. The van der Waals surface area contributed by atoms with E-state index in [2.05, 4.69) is 10.6 Å². The van der Waals surface area contributed by atoms with Gasteiger partial charge in [-0.05, 0) is 12.5 Å². The number of hydrogen-bond acceptors (Lipinski definition) is 2. The maximum atomic E-state index is 13.3. The smallest absolute Gasteiger partial charge is 0.315 e. The molecule has 0 spiro atoms. The Morgan fingerprint density at radius 2 is 2.05 bits per heavy atom. The number of urea groups is 1. The summed E-state index contributed by atoms with van der Waals surface area (Å²) in [5.41, 5.74) is 0.382. The molecule has 0 saturated carbocycles. The second-order valence-corrected chi connectivity index (χ2v) is 4.50. The fraction of sp³-hybridized carbons (Fsp3) is 0.429. The summed E-state index contributed by atoms with van der Waals surface area (Å²) in [6, 6.07) is 5.24. The Bertz CT molecular complexity index is 465. The lowest BCUT2D eigenvalue weighted by atomic mass is 10.1. The summed E-state index contributed by atoms with van der Waals surface area (Å²) in [6.45, 7) is 1.97. The minimum absolute atomic E-state index is 0.0599. The standard InChI is InChI=1S/C14H19FN2O3/c1-2-5-11(8-13(18)19)17-14(20)16-9-10-6-3-4-7-12(10)15/h3-4,6-7,11H,2,5,8-9H2,1H3,(H,18,19)(H2,16,17,20). The topological polar surface area (TPSA) is 78.4 Å². The first-order valence-electron chi connectivity index (χ1n) is 6.52. The van der Waals surface area contributed by atoms with Gasteiger partial charge in [0.1, 0.15) is 5.82 Å². The molecule has 1 aromatic carbocycles. The SMILES string of the molecule is CCCC(CC(=O)O)NC(=O)NCc1ccccc1F. The van der Waals surface area contributed by atoms with Crippen LogP contribution in [0.1, 0.15) is 31.7 Å². The summed E-state index contributed by atoms with van der Waals surface area (Å²) < 4.78 is 13.3. The third-order valence-electron chi connectivity index (χ3n) is 2.79. The first kappa shape index (κ1) is 15.9. The molecule has 0 heterocycles. The molecule has 0 aromatic heterocycles. The highest BCUT2D eigenvalue weighted by atomic mass is 19.1. The van der Waals surface area contributed by atoms with Gasteiger partial charge in [0.25, 0.3) is 0 Å². The van der Waals surface area contributed by atoms with Crippen molar-refractivity contribution in [3.63, 3.8) is 0 Å². The lowest BCUT2D eigenvalue weighted by molar-refractivity contribution is -0.137. The predicted molar refractivity (Wildman–Crippen MR) is 72.7 cm³/mol. The van der Waals surface area contributed by atoms with E-state index in [0.717, 1.165) is 6.42 Å². The van der Waals surface area contributed by atoms with Gasteiger partial charge in [-0.25, -0.2) is 9.18 Å². The average Bonchev–Trinajstić information content (AvgIpc) is 2.37. The molecule has 3 N–H and O–H groups in total. The minimum Gasteiger partial charge on any atom is -0.481 e. The number of carbonyl (C=O) groups excluding carboxylic acids is 1. The molecule has 0 radical (unpaired) electrons. The number of halogens is 1. The van der Waals surface area contributed by atoms with Crippen LogP contribution in [0.3, 0.4) is 0 Å². The van der Waals surface area contributed by atoms with Crippen molar-refractivity contribution in [3.8, 4) is 0 Å². The molecule has 110 valence electrons. The van der Waals surface area contributed by atoms with Gasteiger partial charge in [-0.1, -0.05) is 31.5 Å². The Hall–Kier alpha value is -2.11. The summed E-state index contributed by atoms with van der Waals surface area (Å²) in [5.74, 6) is -1.35. The lowest BCUT2D eigenvalue weighted by Crippen LogP contribution is -2.42. The predicted octanol–water partition coefficient (Wildman–Crippen LogP) is 2.27. The Morgan fingerprint density at radius 3 is 2.65 bits per heavy atom. The van der Waals surface area contributed by atoms with Gasteiger partial charge in [0, 0.05) is 18.2 Å². The van der Waals surface area contributed by atoms with Gasteiger partial charge in [0.2, 0.25) is 0 Å². The molecule has 1 unspecified atom stereocenters. The van der Waals surface area contributed by atoms with E-state index in [1.165, 1.54) is 6.07 Å². The first-order chi connectivity index (χ1) is 9.52. The van der Waals surface area contributed by atoms with Crippen LogP contribution in [0.2, 0.25) is 0 Å². The third-order valence-corrected chi connectivity index (χ3v) is 2.79. The number of hydrogen-bond donors (Lipinski definition) is 3. The number of benzene rings is 1. The number of carboxylic acids is 1. The van der Waals surface area contributed by atoms with Crippen molar-refractivity contribution < 1.29 is 19.1 Å². The van der Waals surface area contributed by atoms with Crippen LogP contribution in [0.4, 0.5) is 9.18 Å². The van der Waals surface area contributed by atoms with Gasteiger partial charge in [-0.3, -0.25) is 4.79 Å². The largest absolute Gasteiger partial charge is 0.481 e. The van der Waals surface area contributed by atoms with Crippen LogP contribution >= 0.6 is 0 Å². The zero-order valence-electron chi connectivity index (χ0n) is 11.4. The molecule has 6 heteroatoms. The van der Waals surface area contributed by atoms with Crippen LogP contribution in [0.15, 0.2) is 24.3 Å². The van der Waals surface area contributed by atoms with E-state index in [1.54, 1.807) is 18.2 Å². The zero-order valence-corrected chi connectivity index (χ0v) is 11.4. The highest BCUT2D eigenvalue weighted by Gasteiger charge is 2.15. The third kappa shape index (κ3) is 5.69. The quantitative estimate of drug-likeness (QED) is 0.718. The van der Waals surface area contributed by atoms with Crippen molar-refractivity contribution in [2.75, 3.05) is 0 Å². The van der Waals surface area contributed by atoms with E-state index in [0.29, 0.717) is 12.0 Å². The van der Waals surface area contributed by atoms with Crippen LogP contribution in [-0.4, -0.2) is 23.1 Å². The van der Waals surface area contributed by atoms with E-state index in [9.17, 15) is 14.0 Å². The van der Waals surface area contributed by atoms with Gasteiger partial charge < -0.3 is 15.7 Å². The zero-order chi connectivity index (χ0) is 15.0. The maximum Gasteiger partial charge on any atom is 0.315 e. The average molecular weight is 282 g/mol. The van der Waals surface area contributed by atoms with Crippen molar-refractivity contribution in [1.82, 2.24) is 10.6 Å². The molecule has 0 fully saturated rings. The summed E-state index contributed by atoms with van der Waals surface area (Å²) in [6.07, 6.45) is 1.23. The van der Waals surface area contributed by atoms with Gasteiger partial charge in [0.15, 0.2) is 0 Å². The molecule has 1 aromatic rings. The Balaban J connectivity index is 2.45. The van der Waals surface area contributed by atoms with E-state index in [1.807, 2.05) is 6.92 Å². The van der Waals surface area contributed by atoms with E-state index >= 15 is 0 Å². The van der Waals surface area contributed by atoms with Crippen LogP contribution in [-0.2, 0) is 11.3 Å². The summed E-state index contributed by atoms with van der Waals surface area (Å²) >= 11 is 0. The van der Waals surface area contributed by atoms with Crippen LogP contribution in [0.25, 0.3) is 0 Å². The van der Waals surface area contributed by atoms with Crippen LogP contribution in [0.5, 0.6) is 0 Å². The van der Waals surface area contributed by atoms with Crippen molar-refractivity contribution in [2.24, 2.45) is 0 Å². The van der Waals surface area contributed by atoms with Crippen molar-refractivity contribution in [3.05, 3.63) is 35.6 Å². The number of nitrogens with one attached hydrogen (secondary N) is 2. The fourth-order valence-corrected chi connectivity index (χ4v) is 1.84. The maximum absolute atomic E-state index is 13.3. The monoisotopic (exact) mass is 282 g/mol. The molecule has 20 heavy (non-hydrogen) atoms. The molecule has 0 aliphatic heterocycles. The number of aliphatic carboxylic acids is 1. The van der Waals surface area contributed by atoms with Crippen LogP contribution in [0, 0.1) is 5.82 Å². The number of amides is 2.